The minimum atomic E-state index is -4.57. The Labute approximate surface area is 132 Å². The van der Waals surface area contributed by atoms with E-state index in [4.69, 9.17) is 0 Å². The molecule has 22 heavy (non-hydrogen) atoms. The molecule has 2 heterocycles. The molecule has 0 aliphatic carbocycles. The molecule has 2 nitrogen and oxygen atoms in total. The van der Waals surface area contributed by atoms with Gasteiger partial charge in [0.25, 0.3) is 0 Å². The van der Waals surface area contributed by atoms with Gasteiger partial charge in [-0.1, -0.05) is 0 Å². The van der Waals surface area contributed by atoms with Gasteiger partial charge in [-0.3, -0.25) is 0 Å². The summed E-state index contributed by atoms with van der Waals surface area (Å²) in [6.45, 7) is 0. The van der Waals surface area contributed by atoms with Gasteiger partial charge in [0.15, 0.2) is 0 Å². The van der Waals surface area contributed by atoms with Crippen molar-refractivity contribution in [3.63, 3.8) is 0 Å². The summed E-state index contributed by atoms with van der Waals surface area (Å²) >= 11 is -1.71. The first-order chi connectivity index (χ1) is 10.2. The molecule has 0 N–H and O–H groups in total. The average molecular weight is 450 g/mol. The molecule has 2 aromatic heterocycles. The molecule has 0 spiro atoms. The van der Waals surface area contributed by atoms with E-state index in [1.165, 1.54) is 12.4 Å². The number of aromatic nitrogens is 2. The van der Waals surface area contributed by atoms with E-state index < -0.39 is 49.7 Å². The predicted molar refractivity (Wildman–Crippen MR) is 69.3 cm³/mol. The molecule has 0 aromatic carbocycles. The second-order valence-corrected chi connectivity index (χ2v) is 9.83. The zero-order chi connectivity index (χ0) is 16.4. The van der Waals surface area contributed by atoms with Crippen LogP contribution < -0.4 is 9.18 Å². The third-order valence-corrected chi connectivity index (χ3v) is 8.91. The third kappa shape index (κ3) is 4.22. The summed E-state index contributed by atoms with van der Waals surface area (Å²) < 4.78 is 76.5. The van der Waals surface area contributed by atoms with Crippen molar-refractivity contribution in [3.8, 4) is 0 Å². The van der Waals surface area contributed by atoms with Gasteiger partial charge in [-0.2, -0.15) is 0 Å². The number of hydrogen-bond donors (Lipinski definition) is 0. The molecule has 2 aromatic rings. The summed E-state index contributed by atoms with van der Waals surface area (Å²) in [4.78, 5) is 7.33. The van der Waals surface area contributed by atoms with Gasteiger partial charge in [-0.15, -0.1) is 0 Å². The van der Waals surface area contributed by atoms with Crippen LogP contribution in [0.4, 0.5) is 26.3 Å². The quantitative estimate of drug-likeness (QED) is 0.527. The van der Waals surface area contributed by atoms with E-state index in [2.05, 4.69) is 9.97 Å². The van der Waals surface area contributed by atoms with Crippen LogP contribution in [-0.2, 0) is 12.4 Å². The Hall–Kier alpha value is -1.08. The van der Waals surface area contributed by atoms with Crippen LogP contribution in [0.5, 0.6) is 0 Å². The predicted octanol–water partition coefficient (Wildman–Crippen LogP) is 1.79. The van der Waals surface area contributed by atoms with Crippen LogP contribution in [0.3, 0.4) is 0 Å². The van der Waals surface area contributed by atoms with Crippen LogP contribution in [0.1, 0.15) is 11.1 Å². The average Bonchev–Trinajstić information content (AvgIpc) is 2.44. The van der Waals surface area contributed by atoms with Crippen LogP contribution in [0.25, 0.3) is 0 Å². The molecular formula is C12H6F6N2Se2. The van der Waals surface area contributed by atoms with Crippen LogP contribution in [0.2, 0.25) is 0 Å². The van der Waals surface area contributed by atoms with E-state index in [0.29, 0.717) is 0 Å². The zero-order valence-electron chi connectivity index (χ0n) is 10.4. The Balaban J connectivity index is 2.26. The summed E-state index contributed by atoms with van der Waals surface area (Å²) in [5.74, 6) is 0. The fourth-order valence-electron chi connectivity index (χ4n) is 1.42. The first-order valence-corrected chi connectivity index (χ1v) is 11.6. The number of rotatable bonds is 3. The van der Waals surface area contributed by atoms with Gasteiger partial charge in [-0.05, 0) is 0 Å². The van der Waals surface area contributed by atoms with E-state index >= 15 is 0 Å². The van der Waals surface area contributed by atoms with Gasteiger partial charge >= 0.3 is 132 Å². The number of alkyl halides is 6. The van der Waals surface area contributed by atoms with Crippen LogP contribution in [0, 0.1) is 0 Å². The van der Waals surface area contributed by atoms with Crippen molar-refractivity contribution in [2.75, 3.05) is 0 Å². The van der Waals surface area contributed by atoms with Crippen molar-refractivity contribution in [1.82, 2.24) is 9.97 Å². The SMILES string of the molecule is FC(F)(F)c1cccnc1[Se][Se]c1ncccc1C(F)(F)F. The number of hydrogen-bond acceptors (Lipinski definition) is 2. The number of nitrogens with zero attached hydrogens (tertiary/aromatic N) is 2. The van der Waals surface area contributed by atoms with Gasteiger partial charge in [0.05, 0.1) is 0 Å². The first kappa shape index (κ1) is 17.3. The monoisotopic (exact) mass is 452 g/mol. The molecule has 0 saturated heterocycles. The molecule has 0 atom stereocenters. The standard InChI is InChI=1S/C12H6F6N2Se2/c13-11(14,15)7-3-1-5-19-9(7)21-22-10-8(12(16,17)18)4-2-6-20-10/h1-6H. The minimum absolute atomic E-state index is 0.207. The van der Waals surface area contributed by atoms with Gasteiger partial charge < -0.3 is 0 Å². The molecule has 118 valence electrons. The molecule has 0 bridgehead atoms. The molecule has 2 rings (SSSR count). The third-order valence-electron chi connectivity index (χ3n) is 2.35. The van der Waals surface area contributed by atoms with Crippen molar-refractivity contribution < 1.29 is 26.3 Å². The number of halogens is 6. The van der Waals surface area contributed by atoms with Crippen LogP contribution in [0.15, 0.2) is 36.7 Å². The maximum atomic E-state index is 12.8. The number of pyridine rings is 2. The van der Waals surface area contributed by atoms with Crippen molar-refractivity contribution in [2.45, 2.75) is 12.4 Å². The Morgan fingerprint density at radius 3 is 1.36 bits per heavy atom. The molecule has 0 amide bonds. The normalized spacial score (nSPS) is 12.5. The van der Waals surface area contributed by atoms with Crippen molar-refractivity contribution >= 4 is 35.4 Å². The fourth-order valence-corrected chi connectivity index (χ4v) is 7.96. The van der Waals surface area contributed by atoms with E-state index in [1.807, 2.05) is 0 Å². The topological polar surface area (TPSA) is 25.8 Å². The molecule has 0 saturated carbocycles. The summed E-state index contributed by atoms with van der Waals surface area (Å²) in [6.07, 6.45) is -6.74. The van der Waals surface area contributed by atoms with Crippen molar-refractivity contribution in [3.05, 3.63) is 47.8 Å². The molecule has 10 heteroatoms. The molecule has 0 unspecified atom stereocenters. The van der Waals surface area contributed by atoms with E-state index in [0.717, 1.165) is 24.3 Å². The van der Waals surface area contributed by atoms with E-state index in [1.54, 1.807) is 0 Å². The summed E-state index contributed by atoms with van der Waals surface area (Å²) in [5.41, 5.74) is -1.80. The molecule has 0 aliphatic heterocycles. The van der Waals surface area contributed by atoms with E-state index in [9.17, 15) is 26.3 Å². The maximum absolute atomic E-state index is 12.8. The second kappa shape index (κ2) is 6.58. The Morgan fingerprint density at radius 2 is 1.05 bits per heavy atom. The Bertz CT molecular complexity index is 599. The first-order valence-electron chi connectivity index (χ1n) is 5.58. The van der Waals surface area contributed by atoms with Crippen LogP contribution in [-0.4, -0.2) is 36.2 Å². The fraction of sp³-hybridized carbons (Fsp3) is 0.167. The molecule has 0 aliphatic rings. The Morgan fingerprint density at radius 1 is 0.682 bits per heavy atom. The molecule has 0 fully saturated rings. The van der Waals surface area contributed by atoms with Gasteiger partial charge in [0.1, 0.15) is 0 Å². The van der Waals surface area contributed by atoms with Gasteiger partial charge in [0.2, 0.25) is 0 Å². The Kier molecular flexibility index (Phi) is 5.17. The van der Waals surface area contributed by atoms with Gasteiger partial charge in [0, 0.05) is 0 Å². The summed E-state index contributed by atoms with van der Waals surface area (Å²) in [6, 6.07) is 4.06. The van der Waals surface area contributed by atoms with Crippen molar-refractivity contribution in [1.29, 1.82) is 0 Å². The van der Waals surface area contributed by atoms with Gasteiger partial charge in [-0.25, -0.2) is 0 Å². The zero-order valence-corrected chi connectivity index (χ0v) is 13.9. The van der Waals surface area contributed by atoms with Crippen LogP contribution >= 0.6 is 0 Å². The molecule has 0 radical (unpaired) electrons. The van der Waals surface area contributed by atoms with Crippen molar-refractivity contribution in [2.24, 2.45) is 0 Å². The summed E-state index contributed by atoms with van der Waals surface area (Å²) in [5, 5.41) is 0. The summed E-state index contributed by atoms with van der Waals surface area (Å²) in [7, 11) is 0. The second-order valence-electron chi connectivity index (χ2n) is 3.87. The molecular weight excluding hydrogens is 444 g/mol. The van der Waals surface area contributed by atoms with E-state index in [-0.39, 0.29) is 9.18 Å².